The second-order valence-electron chi connectivity index (χ2n) is 4.51. The van der Waals surface area contributed by atoms with E-state index in [4.69, 9.17) is 21.1 Å². The zero-order valence-electron chi connectivity index (χ0n) is 11.6. The van der Waals surface area contributed by atoms with Gasteiger partial charge in [0, 0.05) is 10.6 Å². The van der Waals surface area contributed by atoms with Crippen LogP contribution < -0.4 is 4.74 Å². The van der Waals surface area contributed by atoms with Crippen LogP contribution in [-0.4, -0.2) is 13.1 Å². The maximum Gasteiger partial charge on any atom is 0.338 e. The van der Waals surface area contributed by atoms with Crippen LogP contribution in [0.3, 0.4) is 0 Å². The maximum absolute atomic E-state index is 11.9. The summed E-state index contributed by atoms with van der Waals surface area (Å²) < 4.78 is 10.1. The third-order valence-electron chi connectivity index (χ3n) is 2.92. The van der Waals surface area contributed by atoms with E-state index >= 15 is 0 Å². The number of halogens is 2. The number of carbonyl (C=O) groups is 1. The molecule has 0 spiro atoms. The summed E-state index contributed by atoms with van der Waals surface area (Å²) >= 11 is 8.13. The molecule has 2 rings (SSSR count). The number of hydrogen-bond donors (Lipinski definition) is 0. The normalized spacial score (nSPS) is 13.3. The summed E-state index contributed by atoms with van der Waals surface area (Å²) in [5, 5.41) is 0.598. The second kappa shape index (κ2) is 6.66. The molecule has 0 aliphatic rings. The summed E-state index contributed by atoms with van der Waals surface area (Å²) in [5.41, 5.74) is 1.23. The van der Waals surface area contributed by atoms with E-state index in [1.54, 1.807) is 24.3 Å². The highest BCUT2D eigenvalue weighted by Gasteiger charge is 2.30. The standard InChI is InChI=1S/C16H14ClIO3/c1-16(18,21-12-7-5-6-11(17)10-12)14-9-4-3-8-13(14)15(19)20-2/h3-10H,1-2H3. The van der Waals surface area contributed by atoms with Crippen LogP contribution in [0.5, 0.6) is 5.75 Å². The Balaban J connectivity index is 2.37. The van der Waals surface area contributed by atoms with Crippen LogP contribution in [0, 0.1) is 0 Å². The van der Waals surface area contributed by atoms with Crippen LogP contribution in [0.15, 0.2) is 48.5 Å². The van der Waals surface area contributed by atoms with Crippen molar-refractivity contribution < 1.29 is 14.3 Å². The van der Waals surface area contributed by atoms with E-state index in [0.717, 1.165) is 5.56 Å². The highest BCUT2D eigenvalue weighted by atomic mass is 127. The van der Waals surface area contributed by atoms with Gasteiger partial charge < -0.3 is 9.47 Å². The summed E-state index contributed by atoms with van der Waals surface area (Å²) in [6.45, 7) is 1.89. The lowest BCUT2D eigenvalue weighted by Gasteiger charge is -2.26. The quantitative estimate of drug-likeness (QED) is 0.407. The molecule has 0 saturated carbocycles. The van der Waals surface area contributed by atoms with Crippen LogP contribution in [0.25, 0.3) is 0 Å². The molecule has 1 atom stereocenters. The fraction of sp³-hybridized carbons (Fsp3) is 0.188. The average Bonchev–Trinajstić information content (AvgIpc) is 2.46. The van der Waals surface area contributed by atoms with Crippen molar-refractivity contribution in [3.63, 3.8) is 0 Å². The van der Waals surface area contributed by atoms with Crippen LogP contribution in [0.4, 0.5) is 0 Å². The Labute approximate surface area is 142 Å². The van der Waals surface area contributed by atoms with Gasteiger partial charge in [-0.05, 0) is 53.8 Å². The molecule has 0 aliphatic heterocycles. The molecular formula is C16H14ClIO3. The van der Waals surface area contributed by atoms with E-state index in [9.17, 15) is 4.79 Å². The smallest absolute Gasteiger partial charge is 0.338 e. The monoisotopic (exact) mass is 416 g/mol. The Morgan fingerprint density at radius 3 is 2.57 bits per heavy atom. The van der Waals surface area contributed by atoms with Gasteiger partial charge in [0.2, 0.25) is 0 Å². The minimum absolute atomic E-state index is 0.386. The molecular weight excluding hydrogens is 403 g/mol. The molecule has 1 unspecified atom stereocenters. The lowest BCUT2D eigenvalue weighted by molar-refractivity contribution is 0.0594. The molecule has 5 heteroatoms. The minimum Gasteiger partial charge on any atom is -0.473 e. The van der Waals surface area contributed by atoms with Crippen LogP contribution in [0.1, 0.15) is 22.8 Å². The zero-order chi connectivity index (χ0) is 15.5. The number of carbonyl (C=O) groups excluding carboxylic acids is 1. The maximum atomic E-state index is 11.9. The lowest BCUT2D eigenvalue weighted by atomic mass is 10.0. The molecule has 0 heterocycles. The van der Waals surface area contributed by atoms with Crippen molar-refractivity contribution in [2.75, 3.05) is 7.11 Å². The molecule has 2 aromatic rings. The van der Waals surface area contributed by atoms with Gasteiger partial charge >= 0.3 is 5.97 Å². The van der Waals surface area contributed by atoms with Crippen molar-refractivity contribution in [1.29, 1.82) is 0 Å². The Bertz CT molecular complexity index is 655. The van der Waals surface area contributed by atoms with E-state index in [2.05, 4.69) is 22.6 Å². The van der Waals surface area contributed by atoms with Crippen molar-refractivity contribution in [1.82, 2.24) is 0 Å². The van der Waals surface area contributed by atoms with Crippen molar-refractivity contribution in [2.45, 2.75) is 10.5 Å². The average molecular weight is 417 g/mol. The van der Waals surface area contributed by atoms with Gasteiger partial charge in [-0.15, -0.1) is 0 Å². The summed E-state index contributed by atoms with van der Waals surface area (Å²) in [6.07, 6.45) is 0. The molecule has 0 N–H and O–H groups in total. The van der Waals surface area contributed by atoms with Gasteiger partial charge in [-0.1, -0.05) is 35.9 Å². The summed E-state index contributed by atoms with van der Waals surface area (Å²) in [5.74, 6) is 0.252. The van der Waals surface area contributed by atoms with Gasteiger partial charge in [-0.25, -0.2) is 4.79 Å². The van der Waals surface area contributed by atoms with Crippen LogP contribution in [-0.2, 0) is 8.34 Å². The number of ether oxygens (including phenoxy) is 2. The molecule has 110 valence electrons. The van der Waals surface area contributed by atoms with Crippen molar-refractivity contribution >= 4 is 40.2 Å². The molecule has 0 fully saturated rings. The number of rotatable bonds is 4. The molecule has 0 bridgehead atoms. The van der Waals surface area contributed by atoms with Crippen molar-refractivity contribution in [2.24, 2.45) is 0 Å². The lowest BCUT2D eigenvalue weighted by Crippen LogP contribution is -2.24. The minimum atomic E-state index is -0.729. The van der Waals surface area contributed by atoms with Crippen molar-refractivity contribution in [3.8, 4) is 5.75 Å². The summed E-state index contributed by atoms with van der Waals surface area (Å²) in [7, 11) is 1.36. The molecule has 0 aromatic heterocycles. The molecule has 2 aromatic carbocycles. The Morgan fingerprint density at radius 2 is 1.90 bits per heavy atom. The molecule has 0 amide bonds. The number of methoxy groups -OCH3 is 1. The van der Waals surface area contributed by atoms with Gasteiger partial charge in [0.05, 0.1) is 12.7 Å². The fourth-order valence-electron chi connectivity index (χ4n) is 1.97. The van der Waals surface area contributed by atoms with Crippen molar-refractivity contribution in [3.05, 3.63) is 64.7 Å². The second-order valence-corrected chi connectivity index (χ2v) is 7.01. The number of esters is 1. The van der Waals surface area contributed by atoms with E-state index in [1.807, 2.05) is 31.2 Å². The molecule has 0 radical (unpaired) electrons. The van der Waals surface area contributed by atoms with Crippen LogP contribution in [0.2, 0.25) is 5.02 Å². The number of hydrogen-bond acceptors (Lipinski definition) is 3. The Hall–Kier alpha value is -1.27. The predicted octanol–water partition coefficient (Wildman–Crippen LogP) is 4.81. The highest BCUT2D eigenvalue weighted by molar-refractivity contribution is 14.1. The van der Waals surface area contributed by atoms with E-state index in [0.29, 0.717) is 16.3 Å². The highest BCUT2D eigenvalue weighted by Crippen LogP contribution is 2.37. The number of alkyl halides is 1. The number of benzene rings is 2. The van der Waals surface area contributed by atoms with E-state index in [-0.39, 0.29) is 5.97 Å². The third kappa shape index (κ3) is 3.89. The Morgan fingerprint density at radius 1 is 1.19 bits per heavy atom. The summed E-state index contributed by atoms with van der Waals surface area (Å²) in [6, 6.07) is 14.4. The first-order chi connectivity index (χ1) is 9.94. The Kier molecular flexibility index (Phi) is 5.11. The SMILES string of the molecule is COC(=O)c1ccccc1C(C)(I)Oc1cccc(Cl)c1. The van der Waals surface area contributed by atoms with Gasteiger partial charge in [0.1, 0.15) is 5.75 Å². The molecule has 21 heavy (non-hydrogen) atoms. The van der Waals surface area contributed by atoms with Gasteiger partial charge in [-0.2, -0.15) is 0 Å². The predicted molar refractivity (Wildman–Crippen MR) is 91.2 cm³/mol. The van der Waals surface area contributed by atoms with Crippen LogP contribution >= 0.6 is 34.2 Å². The first-order valence-electron chi connectivity index (χ1n) is 6.25. The first-order valence-corrected chi connectivity index (χ1v) is 7.71. The van der Waals surface area contributed by atoms with Gasteiger partial charge in [0.15, 0.2) is 3.61 Å². The molecule has 0 saturated heterocycles. The van der Waals surface area contributed by atoms with Gasteiger partial charge in [-0.3, -0.25) is 0 Å². The summed E-state index contributed by atoms with van der Waals surface area (Å²) in [4.78, 5) is 11.9. The largest absolute Gasteiger partial charge is 0.473 e. The fourth-order valence-corrected chi connectivity index (χ4v) is 2.87. The topological polar surface area (TPSA) is 35.5 Å². The van der Waals surface area contributed by atoms with Gasteiger partial charge in [0.25, 0.3) is 0 Å². The zero-order valence-corrected chi connectivity index (χ0v) is 14.5. The van der Waals surface area contributed by atoms with E-state index in [1.165, 1.54) is 7.11 Å². The molecule has 0 aliphatic carbocycles. The first kappa shape index (κ1) is 16.1. The third-order valence-corrected chi connectivity index (χ3v) is 3.96. The molecule has 3 nitrogen and oxygen atoms in total. The van der Waals surface area contributed by atoms with E-state index < -0.39 is 3.61 Å².